The fourth-order valence-corrected chi connectivity index (χ4v) is 3.41. The number of halogens is 1. The largest absolute Gasteiger partial charge is 0.398 e. The fraction of sp³-hybridized carbons (Fsp3) is 0.250. The van der Waals surface area contributed by atoms with E-state index in [1.165, 1.54) is 6.07 Å². The quantitative estimate of drug-likeness (QED) is 0.820. The van der Waals surface area contributed by atoms with Gasteiger partial charge in [-0.05, 0) is 54.4 Å². The second-order valence-corrected chi connectivity index (χ2v) is 6.97. The lowest BCUT2D eigenvalue weighted by molar-refractivity contribution is 0.430. The monoisotopic (exact) mass is 359 g/mol. The number of hydrogen-bond acceptors (Lipinski definition) is 5. The van der Waals surface area contributed by atoms with Crippen molar-refractivity contribution in [2.75, 3.05) is 10.5 Å². The van der Waals surface area contributed by atoms with Crippen LogP contribution in [0, 0.1) is 20.8 Å². The van der Waals surface area contributed by atoms with Crippen LogP contribution in [0.15, 0.2) is 26.0 Å². The summed E-state index contributed by atoms with van der Waals surface area (Å²) < 4.78 is 32.8. The molecule has 0 fully saturated rings. The van der Waals surface area contributed by atoms with Gasteiger partial charge in [0.1, 0.15) is 0 Å². The fourth-order valence-electron chi connectivity index (χ4n) is 1.65. The van der Waals surface area contributed by atoms with Gasteiger partial charge < -0.3 is 10.3 Å². The molecule has 0 aliphatic rings. The minimum Gasteiger partial charge on any atom is -0.398 e. The highest BCUT2D eigenvalue weighted by molar-refractivity contribution is 9.10. The van der Waals surface area contributed by atoms with Gasteiger partial charge in [-0.25, -0.2) is 13.1 Å². The van der Waals surface area contributed by atoms with Crippen molar-refractivity contribution in [2.45, 2.75) is 25.7 Å². The highest BCUT2D eigenvalue weighted by atomic mass is 79.9. The normalized spacial score (nSPS) is 11.6. The first-order valence-corrected chi connectivity index (χ1v) is 8.01. The van der Waals surface area contributed by atoms with E-state index in [1.54, 1.807) is 26.8 Å². The van der Waals surface area contributed by atoms with Crippen LogP contribution < -0.4 is 10.5 Å². The van der Waals surface area contributed by atoms with Gasteiger partial charge in [-0.2, -0.15) is 0 Å². The maximum Gasteiger partial charge on any atom is 0.264 e. The lowest BCUT2D eigenvalue weighted by atomic mass is 10.2. The number of sulfonamides is 1. The van der Waals surface area contributed by atoms with Crippen molar-refractivity contribution in [2.24, 2.45) is 0 Å². The molecular formula is C12H14BrN3O3S. The molecule has 2 rings (SSSR count). The maximum atomic E-state index is 12.4. The van der Waals surface area contributed by atoms with Gasteiger partial charge in [-0.1, -0.05) is 5.16 Å². The van der Waals surface area contributed by atoms with E-state index in [2.05, 4.69) is 25.8 Å². The summed E-state index contributed by atoms with van der Waals surface area (Å²) in [7, 11) is -3.78. The molecule has 0 atom stereocenters. The van der Waals surface area contributed by atoms with E-state index >= 15 is 0 Å². The molecule has 0 saturated carbocycles. The third-order valence-electron chi connectivity index (χ3n) is 2.97. The predicted octanol–water partition coefficient (Wildman–Crippen LogP) is 2.75. The molecule has 0 bridgehead atoms. The van der Waals surface area contributed by atoms with Crippen LogP contribution in [0.5, 0.6) is 0 Å². The second-order valence-electron chi connectivity index (χ2n) is 4.47. The SMILES string of the molecule is Cc1cc(Br)c(N)cc1S(=O)(=O)Nc1onc(C)c1C. The Morgan fingerprint density at radius 3 is 2.50 bits per heavy atom. The summed E-state index contributed by atoms with van der Waals surface area (Å²) in [6, 6.07) is 3.06. The molecule has 0 saturated heterocycles. The van der Waals surface area contributed by atoms with E-state index in [9.17, 15) is 8.42 Å². The first-order chi connectivity index (χ1) is 9.22. The molecule has 108 valence electrons. The number of anilines is 2. The molecule has 0 unspecified atom stereocenters. The van der Waals surface area contributed by atoms with E-state index in [1.807, 2.05) is 0 Å². The number of aryl methyl sites for hydroxylation is 2. The zero-order chi connectivity index (χ0) is 15.1. The number of aromatic nitrogens is 1. The molecule has 0 aliphatic carbocycles. The molecule has 6 nitrogen and oxygen atoms in total. The van der Waals surface area contributed by atoms with Gasteiger partial charge in [0.05, 0.1) is 10.6 Å². The molecule has 0 aliphatic heterocycles. The van der Waals surface area contributed by atoms with Crippen LogP contribution in [-0.2, 0) is 10.0 Å². The maximum absolute atomic E-state index is 12.4. The second kappa shape index (κ2) is 5.10. The Morgan fingerprint density at radius 2 is 1.95 bits per heavy atom. The third-order valence-corrected chi connectivity index (χ3v) is 5.13. The summed E-state index contributed by atoms with van der Waals surface area (Å²) in [6.07, 6.45) is 0. The van der Waals surface area contributed by atoms with Gasteiger partial charge in [-0.3, -0.25) is 0 Å². The Morgan fingerprint density at radius 1 is 1.30 bits per heavy atom. The van der Waals surface area contributed by atoms with Gasteiger partial charge in [0.2, 0.25) is 5.88 Å². The first kappa shape index (κ1) is 14.9. The molecule has 2 aromatic rings. The van der Waals surface area contributed by atoms with Crippen molar-refractivity contribution in [3.63, 3.8) is 0 Å². The van der Waals surface area contributed by atoms with Crippen LogP contribution >= 0.6 is 15.9 Å². The molecule has 20 heavy (non-hydrogen) atoms. The number of nitrogen functional groups attached to an aromatic ring is 1. The topological polar surface area (TPSA) is 98.2 Å². The number of nitrogens with two attached hydrogens (primary N) is 1. The molecular weight excluding hydrogens is 346 g/mol. The summed E-state index contributed by atoms with van der Waals surface area (Å²) in [4.78, 5) is 0.103. The number of benzene rings is 1. The van der Waals surface area contributed by atoms with Crippen molar-refractivity contribution in [3.8, 4) is 0 Å². The lowest BCUT2D eigenvalue weighted by Gasteiger charge is -2.10. The van der Waals surface area contributed by atoms with Crippen molar-refractivity contribution < 1.29 is 12.9 Å². The van der Waals surface area contributed by atoms with Crippen molar-refractivity contribution >= 4 is 37.5 Å². The third kappa shape index (κ3) is 2.66. The zero-order valence-electron chi connectivity index (χ0n) is 11.2. The summed E-state index contributed by atoms with van der Waals surface area (Å²) in [6.45, 7) is 5.16. The van der Waals surface area contributed by atoms with Crippen LogP contribution in [0.4, 0.5) is 11.6 Å². The number of nitrogens with one attached hydrogen (secondary N) is 1. The van der Waals surface area contributed by atoms with Crippen molar-refractivity contribution in [1.82, 2.24) is 5.16 Å². The van der Waals surface area contributed by atoms with Crippen LogP contribution in [0.1, 0.15) is 16.8 Å². The van der Waals surface area contributed by atoms with Gasteiger partial charge >= 0.3 is 0 Å². The number of nitrogens with zero attached hydrogens (tertiary/aromatic N) is 1. The van der Waals surface area contributed by atoms with Crippen molar-refractivity contribution in [3.05, 3.63) is 33.4 Å². The summed E-state index contributed by atoms with van der Waals surface area (Å²) in [5, 5.41) is 3.71. The molecule has 1 heterocycles. The van der Waals surface area contributed by atoms with E-state index in [0.29, 0.717) is 27.0 Å². The van der Waals surface area contributed by atoms with Crippen LogP contribution in [0.2, 0.25) is 0 Å². The number of hydrogen-bond donors (Lipinski definition) is 2. The van der Waals surface area contributed by atoms with E-state index < -0.39 is 10.0 Å². The summed E-state index contributed by atoms with van der Waals surface area (Å²) in [5.41, 5.74) is 7.95. The molecule has 0 amide bonds. The first-order valence-electron chi connectivity index (χ1n) is 5.73. The van der Waals surface area contributed by atoms with Gasteiger partial charge in [0.15, 0.2) is 0 Å². The average molecular weight is 360 g/mol. The van der Waals surface area contributed by atoms with Gasteiger partial charge in [-0.15, -0.1) is 0 Å². The Hall–Kier alpha value is -1.54. The van der Waals surface area contributed by atoms with E-state index in [0.717, 1.165) is 0 Å². The van der Waals surface area contributed by atoms with Crippen LogP contribution in [-0.4, -0.2) is 13.6 Å². The van der Waals surface area contributed by atoms with Gasteiger partial charge in [0.25, 0.3) is 10.0 Å². The minimum atomic E-state index is -3.78. The van der Waals surface area contributed by atoms with Crippen molar-refractivity contribution in [1.29, 1.82) is 0 Å². The number of rotatable bonds is 3. The molecule has 0 radical (unpaired) electrons. The van der Waals surface area contributed by atoms with E-state index in [-0.39, 0.29) is 10.8 Å². The van der Waals surface area contributed by atoms with Crippen LogP contribution in [0.25, 0.3) is 0 Å². The van der Waals surface area contributed by atoms with Gasteiger partial charge in [0, 0.05) is 15.7 Å². The highest BCUT2D eigenvalue weighted by Crippen LogP contribution is 2.28. The Bertz CT molecular complexity index is 768. The lowest BCUT2D eigenvalue weighted by Crippen LogP contribution is -2.15. The van der Waals surface area contributed by atoms with Crippen LogP contribution in [0.3, 0.4) is 0 Å². The highest BCUT2D eigenvalue weighted by Gasteiger charge is 2.22. The minimum absolute atomic E-state index is 0.103. The summed E-state index contributed by atoms with van der Waals surface area (Å²) in [5.74, 6) is 0.114. The standard InChI is InChI=1S/C12H14BrN3O3S/c1-6-4-9(13)10(14)5-11(6)20(17,18)16-12-7(2)8(3)15-19-12/h4-5,16H,14H2,1-3H3. The average Bonchev–Trinajstić information content (AvgIpc) is 2.65. The van der Waals surface area contributed by atoms with E-state index in [4.69, 9.17) is 10.3 Å². The molecule has 1 aromatic carbocycles. The zero-order valence-corrected chi connectivity index (χ0v) is 13.6. The Labute approximate surface area is 125 Å². The Balaban J connectivity index is 2.46. The molecule has 1 aromatic heterocycles. The predicted molar refractivity (Wildman–Crippen MR) is 80.1 cm³/mol. The smallest absolute Gasteiger partial charge is 0.264 e. The molecule has 3 N–H and O–H groups in total. The Kier molecular flexibility index (Phi) is 3.79. The molecule has 8 heteroatoms. The molecule has 0 spiro atoms. The summed E-state index contributed by atoms with van der Waals surface area (Å²) >= 11 is 3.26.